The molecule has 0 aliphatic heterocycles. The minimum absolute atomic E-state index is 0.372. The van der Waals surface area contributed by atoms with Gasteiger partial charge in [0.2, 0.25) is 0 Å². The van der Waals surface area contributed by atoms with Gasteiger partial charge in [-0.15, -0.1) is 0 Å². The van der Waals surface area contributed by atoms with E-state index in [4.69, 9.17) is 5.73 Å². The third-order valence-corrected chi connectivity index (χ3v) is 6.15. The van der Waals surface area contributed by atoms with Gasteiger partial charge in [0.05, 0.1) is 5.41 Å². The van der Waals surface area contributed by atoms with Crippen molar-refractivity contribution in [3.05, 3.63) is 107 Å². The average molecular weight is 410 g/mol. The van der Waals surface area contributed by atoms with Gasteiger partial charge in [0, 0.05) is 0 Å². The Bertz CT molecular complexity index is 902. The number of halogens is 2. The highest BCUT2D eigenvalue weighted by molar-refractivity contribution is 5.54. The molecule has 1 atom stereocenters. The molecule has 0 saturated heterocycles. The fourth-order valence-corrected chi connectivity index (χ4v) is 4.38. The second kappa shape index (κ2) is 9.50. The van der Waals surface area contributed by atoms with Crippen molar-refractivity contribution in [2.45, 2.75) is 44.8 Å². The molecule has 0 spiro atoms. The molecule has 0 aliphatic carbocycles. The van der Waals surface area contributed by atoms with Crippen molar-refractivity contribution in [3.8, 4) is 0 Å². The zero-order valence-electron chi connectivity index (χ0n) is 17.5. The maximum Gasteiger partial charge on any atom is 0.123 e. The van der Waals surface area contributed by atoms with Crippen LogP contribution in [0.5, 0.6) is 0 Å². The SMILES string of the molecule is CCC(CC)Cc1ccccc1C(c1ccc(F)cc1)(c1ccc(F)cc1)C(N)O. The van der Waals surface area contributed by atoms with E-state index >= 15 is 0 Å². The summed E-state index contributed by atoms with van der Waals surface area (Å²) in [7, 11) is 0. The Balaban J connectivity index is 2.32. The molecule has 0 radical (unpaired) electrons. The van der Waals surface area contributed by atoms with E-state index in [-0.39, 0.29) is 11.6 Å². The van der Waals surface area contributed by atoms with Crippen molar-refractivity contribution in [2.24, 2.45) is 11.7 Å². The molecular formula is C26H29F2NO. The quantitative estimate of drug-likeness (QED) is 0.378. The molecule has 0 saturated carbocycles. The molecule has 1 unspecified atom stereocenters. The molecule has 4 heteroatoms. The van der Waals surface area contributed by atoms with Gasteiger partial charge < -0.3 is 10.8 Å². The summed E-state index contributed by atoms with van der Waals surface area (Å²) in [5, 5.41) is 11.0. The van der Waals surface area contributed by atoms with Crippen LogP contribution in [0.1, 0.15) is 48.9 Å². The van der Waals surface area contributed by atoms with Crippen LogP contribution in [0.4, 0.5) is 8.78 Å². The molecule has 0 bridgehead atoms. The third kappa shape index (κ3) is 4.16. The van der Waals surface area contributed by atoms with E-state index < -0.39 is 11.6 Å². The largest absolute Gasteiger partial charge is 0.377 e. The van der Waals surface area contributed by atoms with Crippen LogP contribution in [0, 0.1) is 17.6 Å². The lowest BCUT2D eigenvalue weighted by atomic mass is 9.66. The number of hydrogen-bond donors (Lipinski definition) is 2. The first-order chi connectivity index (χ1) is 14.4. The number of hydrogen-bond acceptors (Lipinski definition) is 2. The first kappa shape index (κ1) is 22.1. The number of aliphatic hydroxyl groups excluding tert-OH is 1. The van der Waals surface area contributed by atoms with Crippen LogP contribution in [0.3, 0.4) is 0 Å². The van der Waals surface area contributed by atoms with E-state index in [0.717, 1.165) is 30.4 Å². The smallest absolute Gasteiger partial charge is 0.123 e. The van der Waals surface area contributed by atoms with Gasteiger partial charge >= 0.3 is 0 Å². The predicted molar refractivity (Wildman–Crippen MR) is 117 cm³/mol. The van der Waals surface area contributed by atoms with E-state index in [1.54, 1.807) is 24.3 Å². The number of benzene rings is 3. The fourth-order valence-electron chi connectivity index (χ4n) is 4.38. The first-order valence-corrected chi connectivity index (χ1v) is 10.5. The van der Waals surface area contributed by atoms with Crippen LogP contribution in [0.2, 0.25) is 0 Å². The second-order valence-electron chi connectivity index (χ2n) is 7.81. The first-order valence-electron chi connectivity index (χ1n) is 10.5. The molecule has 2 nitrogen and oxygen atoms in total. The molecule has 3 aromatic rings. The molecule has 0 heterocycles. The monoisotopic (exact) mass is 409 g/mol. The standard InChI is InChI=1S/C26H29F2NO/c1-3-18(4-2)17-19-7-5-6-8-24(19)26(25(29)30,20-9-13-22(27)14-10-20)21-11-15-23(28)16-12-21/h5-16,18,25,30H,3-4,17,29H2,1-2H3. The van der Waals surface area contributed by atoms with E-state index in [1.165, 1.54) is 24.3 Å². The lowest BCUT2D eigenvalue weighted by molar-refractivity contribution is 0.127. The lowest BCUT2D eigenvalue weighted by Gasteiger charge is -2.40. The van der Waals surface area contributed by atoms with Gasteiger partial charge in [-0.25, -0.2) is 8.78 Å². The summed E-state index contributed by atoms with van der Waals surface area (Å²) >= 11 is 0. The predicted octanol–water partition coefficient (Wildman–Crippen LogP) is 5.56. The van der Waals surface area contributed by atoms with Gasteiger partial charge in [0.15, 0.2) is 0 Å². The van der Waals surface area contributed by atoms with Gasteiger partial charge in [0.25, 0.3) is 0 Å². The van der Waals surface area contributed by atoms with Crippen LogP contribution in [0.25, 0.3) is 0 Å². The number of rotatable bonds is 8. The summed E-state index contributed by atoms with van der Waals surface area (Å²) in [5.41, 5.74) is 8.35. The molecule has 0 aromatic heterocycles. The number of aliphatic hydroxyl groups is 1. The molecule has 3 aromatic carbocycles. The molecular weight excluding hydrogens is 380 g/mol. The molecule has 0 aliphatic rings. The van der Waals surface area contributed by atoms with E-state index in [9.17, 15) is 13.9 Å². The third-order valence-electron chi connectivity index (χ3n) is 6.15. The van der Waals surface area contributed by atoms with Crippen LogP contribution < -0.4 is 5.73 Å². The van der Waals surface area contributed by atoms with Crippen LogP contribution in [-0.2, 0) is 11.8 Å². The highest BCUT2D eigenvalue weighted by Crippen LogP contribution is 2.43. The van der Waals surface area contributed by atoms with Gasteiger partial charge in [-0.2, -0.15) is 0 Å². The van der Waals surface area contributed by atoms with Crippen molar-refractivity contribution in [2.75, 3.05) is 0 Å². The van der Waals surface area contributed by atoms with Crippen molar-refractivity contribution in [1.29, 1.82) is 0 Å². The Morgan fingerprint density at radius 3 is 1.70 bits per heavy atom. The Hall–Kier alpha value is -2.56. The zero-order chi connectivity index (χ0) is 21.7. The summed E-state index contributed by atoms with van der Waals surface area (Å²) in [4.78, 5) is 0. The summed E-state index contributed by atoms with van der Waals surface area (Å²) in [6.07, 6.45) is 1.59. The molecule has 0 amide bonds. The molecule has 3 rings (SSSR count). The van der Waals surface area contributed by atoms with Gasteiger partial charge in [-0.3, -0.25) is 0 Å². The summed E-state index contributed by atoms with van der Waals surface area (Å²) in [6.45, 7) is 4.34. The lowest BCUT2D eigenvalue weighted by Crippen LogP contribution is -2.48. The topological polar surface area (TPSA) is 46.2 Å². The van der Waals surface area contributed by atoms with Crippen LogP contribution >= 0.6 is 0 Å². The van der Waals surface area contributed by atoms with Crippen molar-refractivity contribution in [1.82, 2.24) is 0 Å². The Kier molecular flexibility index (Phi) is 7.01. The van der Waals surface area contributed by atoms with Gasteiger partial charge in [-0.1, -0.05) is 75.2 Å². The van der Waals surface area contributed by atoms with Crippen molar-refractivity contribution in [3.63, 3.8) is 0 Å². The highest BCUT2D eigenvalue weighted by Gasteiger charge is 2.43. The Labute approximate surface area is 177 Å². The minimum atomic E-state index is -1.32. The van der Waals surface area contributed by atoms with Gasteiger partial charge in [0.1, 0.15) is 17.9 Å². The second-order valence-corrected chi connectivity index (χ2v) is 7.81. The van der Waals surface area contributed by atoms with Gasteiger partial charge in [-0.05, 0) is 58.9 Å². The van der Waals surface area contributed by atoms with Crippen LogP contribution in [-0.4, -0.2) is 11.3 Å². The maximum atomic E-state index is 13.7. The number of nitrogens with two attached hydrogens (primary N) is 1. The highest BCUT2D eigenvalue weighted by atomic mass is 19.1. The zero-order valence-corrected chi connectivity index (χ0v) is 17.5. The summed E-state index contributed by atoms with van der Waals surface area (Å²) in [5.74, 6) is -0.257. The Morgan fingerprint density at radius 2 is 1.27 bits per heavy atom. The Morgan fingerprint density at radius 1 is 0.800 bits per heavy atom. The average Bonchev–Trinajstić information content (AvgIpc) is 2.75. The van der Waals surface area contributed by atoms with Crippen LogP contribution in [0.15, 0.2) is 72.8 Å². The summed E-state index contributed by atoms with van der Waals surface area (Å²) in [6, 6.07) is 19.9. The van der Waals surface area contributed by atoms with E-state index in [0.29, 0.717) is 17.0 Å². The van der Waals surface area contributed by atoms with Crippen molar-refractivity contribution < 1.29 is 13.9 Å². The molecule has 3 N–H and O–H groups in total. The maximum absolute atomic E-state index is 13.7. The summed E-state index contributed by atoms with van der Waals surface area (Å²) < 4.78 is 27.5. The normalized spacial score (nSPS) is 12.9. The van der Waals surface area contributed by atoms with E-state index in [2.05, 4.69) is 19.9 Å². The van der Waals surface area contributed by atoms with Crippen molar-refractivity contribution >= 4 is 0 Å². The van der Waals surface area contributed by atoms with E-state index in [1.807, 2.05) is 18.2 Å². The minimum Gasteiger partial charge on any atom is -0.377 e. The molecule has 0 fully saturated rings. The fraction of sp³-hybridized carbons (Fsp3) is 0.308. The molecule has 158 valence electrons. The molecule has 30 heavy (non-hydrogen) atoms.